The molecule has 4 N–H and O–H groups in total. The predicted molar refractivity (Wildman–Crippen MR) is 111 cm³/mol. The van der Waals surface area contributed by atoms with Crippen LogP contribution in [0.4, 0.5) is 5.82 Å². The van der Waals surface area contributed by atoms with Crippen molar-refractivity contribution in [2.24, 2.45) is 0 Å². The molecule has 3 aliphatic rings. The summed E-state index contributed by atoms with van der Waals surface area (Å²) >= 11 is 0. The number of aliphatic hydroxyl groups is 2. The maximum atomic E-state index is 10.8. The Bertz CT molecular complexity index is 936. The van der Waals surface area contributed by atoms with Crippen molar-refractivity contribution in [3.8, 4) is 0 Å². The van der Waals surface area contributed by atoms with Crippen molar-refractivity contribution in [1.82, 2.24) is 24.8 Å². The minimum Gasteiger partial charge on any atom is -0.387 e. The molecule has 1 saturated carbocycles. The number of nitrogens with one attached hydrogen (secondary N) is 2. The molecule has 2 saturated heterocycles. The molecule has 7 atom stereocenters. The maximum Gasteiger partial charge on any atom is 0.207 e. The number of aliphatic hydroxyl groups excluding tert-OH is 2. The third-order valence-electron chi connectivity index (χ3n) is 6.45. The lowest BCUT2D eigenvalue weighted by Gasteiger charge is -2.22. The van der Waals surface area contributed by atoms with Crippen LogP contribution in [0.5, 0.6) is 0 Å². The molecule has 0 radical (unpaired) electrons. The first kappa shape index (κ1) is 21.5. The molecule has 2 unspecified atom stereocenters. The van der Waals surface area contributed by atoms with Gasteiger partial charge in [-0.05, 0) is 25.7 Å². The van der Waals surface area contributed by atoms with Crippen molar-refractivity contribution in [1.29, 1.82) is 0 Å². The summed E-state index contributed by atoms with van der Waals surface area (Å²) in [6.07, 6.45) is 3.12. The Balaban J connectivity index is 1.29. The summed E-state index contributed by atoms with van der Waals surface area (Å²) in [5, 5.41) is 27.3. The van der Waals surface area contributed by atoms with E-state index in [1.807, 2.05) is 0 Å². The molecule has 1 amide bonds. The van der Waals surface area contributed by atoms with Crippen LogP contribution >= 0.6 is 0 Å². The molecule has 1 aliphatic carbocycles. The minimum atomic E-state index is -1.18. The monoisotopic (exact) mass is 448 g/mol. The van der Waals surface area contributed by atoms with Crippen LogP contribution < -0.4 is 10.6 Å². The van der Waals surface area contributed by atoms with Crippen molar-refractivity contribution in [2.75, 3.05) is 25.1 Å². The van der Waals surface area contributed by atoms with Crippen molar-refractivity contribution in [2.45, 2.75) is 68.4 Å². The second-order valence-electron chi connectivity index (χ2n) is 8.49. The maximum absolute atomic E-state index is 10.8. The van der Waals surface area contributed by atoms with E-state index in [1.54, 1.807) is 4.57 Å². The zero-order chi connectivity index (χ0) is 22.1. The predicted octanol–water partition coefficient (Wildman–Crippen LogP) is -0.670. The van der Waals surface area contributed by atoms with Gasteiger partial charge in [0.15, 0.2) is 23.2 Å². The van der Waals surface area contributed by atoms with Gasteiger partial charge in [0.2, 0.25) is 6.41 Å². The van der Waals surface area contributed by atoms with Gasteiger partial charge in [0.1, 0.15) is 24.6 Å². The van der Waals surface area contributed by atoms with Crippen molar-refractivity contribution in [3.63, 3.8) is 0 Å². The number of anilines is 1. The summed E-state index contributed by atoms with van der Waals surface area (Å²) in [4.78, 5) is 23.8. The van der Waals surface area contributed by atoms with Gasteiger partial charge in [-0.25, -0.2) is 15.0 Å². The Morgan fingerprint density at radius 2 is 2.12 bits per heavy atom. The summed E-state index contributed by atoms with van der Waals surface area (Å²) in [6, 6.07) is 0.111. The van der Waals surface area contributed by atoms with Crippen molar-refractivity contribution < 1.29 is 29.2 Å². The summed E-state index contributed by atoms with van der Waals surface area (Å²) in [7, 11) is 0. The number of ether oxygens (including phenoxy) is 3. The smallest absolute Gasteiger partial charge is 0.207 e. The Hall–Kier alpha value is -2.38. The molecule has 12 heteroatoms. The highest BCUT2D eigenvalue weighted by atomic mass is 16.6. The molecule has 0 spiro atoms. The fourth-order valence-corrected chi connectivity index (χ4v) is 4.70. The van der Waals surface area contributed by atoms with Crippen LogP contribution in [0.3, 0.4) is 0 Å². The minimum absolute atomic E-state index is 0.0442. The van der Waals surface area contributed by atoms with E-state index in [1.165, 1.54) is 12.7 Å². The lowest BCUT2D eigenvalue weighted by Crippen LogP contribution is -2.40. The van der Waals surface area contributed by atoms with E-state index in [4.69, 9.17) is 14.2 Å². The molecule has 2 aromatic rings. The van der Waals surface area contributed by atoms with Crippen LogP contribution in [-0.4, -0.2) is 92.5 Å². The normalized spacial score (nSPS) is 34.9. The molecule has 174 valence electrons. The van der Waals surface area contributed by atoms with E-state index < -0.39 is 24.5 Å². The van der Waals surface area contributed by atoms with Crippen LogP contribution in [-0.2, 0) is 19.0 Å². The average molecular weight is 448 g/mol. The summed E-state index contributed by atoms with van der Waals surface area (Å²) < 4.78 is 18.9. The van der Waals surface area contributed by atoms with E-state index in [-0.39, 0.29) is 24.8 Å². The number of hydrogen-bond donors (Lipinski definition) is 4. The van der Waals surface area contributed by atoms with Gasteiger partial charge >= 0.3 is 0 Å². The zero-order valence-electron chi connectivity index (χ0n) is 17.5. The summed E-state index contributed by atoms with van der Waals surface area (Å²) in [5.41, 5.74) is 1.04. The van der Waals surface area contributed by atoms with Gasteiger partial charge < -0.3 is 35.1 Å². The highest BCUT2D eigenvalue weighted by molar-refractivity contribution is 5.82. The number of imidazole rings is 1. The van der Waals surface area contributed by atoms with E-state index in [2.05, 4.69) is 25.6 Å². The van der Waals surface area contributed by atoms with Gasteiger partial charge in [0.25, 0.3) is 0 Å². The van der Waals surface area contributed by atoms with Gasteiger partial charge in [-0.2, -0.15) is 0 Å². The lowest BCUT2D eigenvalue weighted by molar-refractivity contribution is -0.112. The number of hydrogen-bond acceptors (Lipinski definition) is 10. The molecule has 32 heavy (non-hydrogen) atoms. The topological polar surface area (TPSA) is 153 Å². The third kappa shape index (κ3) is 4.04. The fourth-order valence-electron chi connectivity index (χ4n) is 4.70. The number of amides is 1. The third-order valence-corrected chi connectivity index (χ3v) is 6.45. The molecule has 5 rings (SSSR count). The molecular weight excluding hydrogens is 420 g/mol. The SMILES string of the molecule is O=CNC1CCCC1OC[C@H]1O[C@@H](n2cnc3c(N[C@@H]4CCOC4)ncnc32)[C@H](O)[C@@H]1O. The van der Waals surface area contributed by atoms with Crippen molar-refractivity contribution >= 4 is 23.4 Å². The van der Waals surface area contributed by atoms with Gasteiger partial charge in [0.05, 0.1) is 37.7 Å². The number of nitrogens with zero attached hydrogens (tertiary/aromatic N) is 4. The summed E-state index contributed by atoms with van der Waals surface area (Å²) in [6.45, 7) is 1.41. The molecular formula is C20H28N6O6. The Labute approximate surface area is 184 Å². The van der Waals surface area contributed by atoms with Crippen LogP contribution in [0.2, 0.25) is 0 Å². The van der Waals surface area contributed by atoms with E-state index >= 15 is 0 Å². The number of fused-ring (bicyclic) bond motifs is 1. The molecule has 2 aromatic heterocycles. The number of aromatic nitrogens is 4. The van der Waals surface area contributed by atoms with Crippen LogP contribution in [0.1, 0.15) is 31.9 Å². The first-order chi connectivity index (χ1) is 15.7. The van der Waals surface area contributed by atoms with Crippen LogP contribution in [0.25, 0.3) is 11.2 Å². The van der Waals surface area contributed by atoms with Gasteiger partial charge in [-0.1, -0.05) is 0 Å². The highest BCUT2D eigenvalue weighted by Crippen LogP contribution is 2.33. The zero-order valence-corrected chi connectivity index (χ0v) is 17.5. The Morgan fingerprint density at radius 1 is 1.22 bits per heavy atom. The van der Waals surface area contributed by atoms with Crippen LogP contribution in [0.15, 0.2) is 12.7 Å². The average Bonchev–Trinajstić information content (AvgIpc) is 3.58. The Morgan fingerprint density at radius 3 is 2.94 bits per heavy atom. The van der Waals surface area contributed by atoms with E-state index in [9.17, 15) is 15.0 Å². The number of carbonyl (C=O) groups is 1. The number of rotatable bonds is 8. The molecule has 0 bridgehead atoms. The quantitative estimate of drug-likeness (QED) is 0.383. The first-order valence-corrected chi connectivity index (χ1v) is 11.0. The van der Waals surface area contributed by atoms with E-state index in [0.29, 0.717) is 36.6 Å². The highest BCUT2D eigenvalue weighted by Gasteiger charge is 2.45. The van der Waals surface area contributed by atoms with Gasteiger partial charge in [0, 0.05) is 6.61 Å². The first-order valence-electron chi connectivity index (χ1n) is 11.0. The second-order valence-corrected chi connectivity index (χ2v) is 8.49. The molecule has 4 heterocycles. The Kier molecular flexibility index (Phi) is 6.20. The molecule has 2 aliphatic heterocycles. The van der Waals surface area contributed by atoms with Crippen LogP contribution in [0, 0.1) is 0 Å². The fraction of sp³-hybridized carbons (Fsp3) is 0.700. The van der Waals surface area contributed by atoms with E-state index in [0.717, 1.165) is 25.7 Å². The van der Waals surface area contributed by atoms with Gasteiger partial charge in [-0.15, -0.1) is 0 Å². The molecule has 12 nitrogen and oxygen atoms in total. The van der Waals surface area contributed by atoms with Crippen molar-refractivity contribution in [3.05, 3.63) is 12.7 Å². The molecule has 0 aromatic carbocycles. The number of carbonyl (C=O) groups excluding carboxylic acids is 1. The largest absolute Gasteiger partial charge is 0.387 e. The standard InChI is InChI=1S/C20H28N6O6/c27-10-24-12-2-1-3-13(12)31-7-14-16(28)17(29)20(32-14)26-9-23-15-18(21-8-22-19(15)26)25-11-4-5-30-6-11/h8-14,16-17,20,28-29H,1-7H2,(H,24,27)(H,21,22,25)/t11-,12?,13?,14-,16-,17-,20-/m1/s1. The van der Waals surface area contributed by atoms with Gasteiger partial charge in [-0.3, -0.25) is 9.36 Å². The summed E-state index contributed by atoms with van der Waals surface area (Å²) in [5.74, 6) is 0.590. The lowest BCUT2D eigenvalue weighted by atomic mass is 10.1. The molecule has 3 fully saturated rings. The second kappa shape index (κ2) is 9.24.